The Morgan fingerprint density at radius 1 is 1.03 bits per heavy atom. The number of H-pyrrole nitrogens is 1. The molecule has 6 rings (SSSR count). The van der Waals surface area contributed by atoms with E-state index < -0.39 is 0 Å². The summed E-state index contributed by atoms with van der Waals surface area (Å²) in [6.45, 7) is 2.18. The van der Waals surface area contributed by atoms with Crippen molar-refractivity contribution in [3.8, 4) is 0 Å². The number of hydrogen-bond donors (Lipinski definition) is 3. The van der Waals surface area contributed by atoms with Gasteiger partial charge in [-0.15, -0.1) is 0 Å². The predicted molar refractivity (Wildman–Crippen MR) is 117 cm³/mol. The van der Waals surface area contributed by atoms with Crippen molar-refractivity contribution in [3.63, 3.8) is 0 Å². The van der Waals surface area contributed by atoms with E-state index in [2.05, 4.69) is 45.0 Å². The number of aromatic amines is 1. The minimum absolute atomic E-state index is 0.505. The molecule has 6 nitrogen and oxygen atoms in total. The molecule has 1 atom stereocenters. The normalized spacial score (nSPS) is 21.7. The quantitative estimate of drug-likeness (QED) is 0.597. The number of fused-ring (bicyclic) bond motifs is 4. The number of aromatic nitrogens is 3. The second-order valence-corrected chi connectivity index (χ2v) is 8.52. The Balaban J connectivity index is 1.29. The van der Waals surface area contributed by atoms with Gasteiger partial charge in [-0.25, -0.2) is 15.0 Å². The molecular weight excluding hydrogens is 360 g/mol. The van der Waals surface area contributed by atoms with Crippen molar-refractivity contribution in [3.05, 3.63) is 41.7 Å². The highest BCUT2D eigenvalue weighted by Crippen LogP contribution is 2.42. The fourth-order valence-electron chi connectivity index (χ4n) is 5.20. The van der Waals surface area contributed by atoms with E-state index in [1.165, 1.54) is 54.3 Å². The molecule has 0 spiro atoms. The lowest BCUT2D eigenvalue weighted by atomic mass is 9.84. The molecule has 0 bridgehead atoms. The molecule has 1 unspecified atom stereocenters. The summed E-state index contributed by atoms with van der Waals surface area (Å²) < 4.78 is 0. The third-order valence-corrected chi connectivity index (χ3v) is 6.72. The molecule has 0 aromatic carbocycles. The maximum absolute atomic E-state index is 4.83. The molecule has 3 aliphatic rings. The van der Waals surface area contributed by atoms with Gasteiger partial charge in [-0.1, -0.05) is 12.5 Å². The molecule has 5 heterocycles. The van der Waals surface area contributed by atoms with Gasteiger partial charge < -0.3 is 15.6 Å². The van der Waals surface area contributed by atoms with E-state index in [0.29, 0.717) is 11.8 Å². The highest BCUT2D eigenvalue weighted by Gasteiger charge is 2.30. The van der Waals surface area contributed by atoms with Gasteiger partial charge in [0.1, 0.15) is 11.5 Å². The Kier molecular flexibility index (Phi) is 4.11. The summed E-state index contributed by atoms with van der Waals surface area (Å²) in [4.78, 5) is 17.6. The average molecular weight is 387 g/mol. The lowest BCUT2D eigenvalue weighted by Gasteiger charge is -2.22. The van der Waals surface area contributed by atoms with Crippen LogP contribution >= 0.6 is 0 Å². The van der Waals surface area contributed by atoms with E-state index >= 15 is 0 Å². The van der Waals surface area contributed by atoms with Crippen molar-refractivity contribution >= 4 is 34.1 Å². The first-order valence-corrected chi connectivity index (χ1v) is 10.9. The van der Waals surface area contributed by atoms with Crippen molar-refractivity contribution in [2.45, 2.75) is 50.4 Å². The van der Waals surface area contributed by atoms with Crippen LogP contribution in [0.4, 0.5) is 17.3 Å². The molecule has 6 heteroatoms. The number of pyridine rings is 2. The average Bonchev–Trinajstić information content (AvgIpc) is 3.35. The summed E-state index contributed by atoms with van der Waals surface area (Å²) in [5.74, 6) is 2.85. The topological polar surface area (TPSA) is 78.0 Å². The number of rotatable bonds is 3. The SMILES string of the molecule is c1nc2[nH]cc(C3CCNCC3)c2cc1Nc1ccc2c(n1)N=C1CCCCC12. The van der Waals surface area contributed by atoms with Crippen LogP contribution in [0.15, 0.2) is 35.6 Å². The molecule has 1 aliphatic carbocycles. The van der Waals surface area contributed by atoms with Crippen LogP contribution in [0.5, 0.6) is 0 Å². The third kappa shape index (κ3) is 3.02. The van der Waals surface area contributed by atoms with Crippen LogP contribution in [-0.4, -0.2) is 33.8 Å². The van der Waals surface area contributed by atoms with E-state index in [9.17, 15) is 0 Å². The Labute approximate surface area is 170 Å². The molecule has 2 fully saturated rings. The first-order valence-electron chi connectivity index (χ1n) is 10.9. The van der Waals surface area contributed by atoms with Gasteiger partial charge in [0, 0.05) is 28.8 Å². The fraction of sp³-hybridized carbons (Fsp3) is 0.435. The van der Waals surface area contributed by atoms with Crippen LogP contribution < -0.4 is 10.6 Å². The molecule has 0 radical (unpaired) electrons. The minimum atomic E-state index is 0.505. The summed E-state index contributed by atoms with van der Waals surface area (Å²) >= 11 is 0. The second-order valence-electron chi connectivity index (χ2n) is 8.52. The van der Waals surface area contributed by atoms with Crippen LogP contribution in [0.3, 0.4) is 0 Å². The summed E-state index contributed by atoms with van der Waals surface area (Å²) in [5.41, 5.74) is 5.95. The smallest absolute Gasteiger partial charge is 0.158 e. The largest absolute Gasteiger partial charge is 0.346 e. The number of nitrogens with one attached hydrogen (secondary N) is 3. The van der Waals surface area contributed by atoms with Crippen LogP contribution in [0.25, 0.3) is 11.0 Å². The highest BCUT2D eigenvalue weighted by molar-refractivity contribution is 5.98. The van der Waals surface area contributed by atoms with E-state index in [-0.39, 0.29) is 0 Å². The number of piperidine rings is 1. The Hall–Kier alpha value is -2.73. The lowest BCUT2D eigenvalue weighted by molar-refractivity contribution is 0.462. The summed E-state index contributed by atoms with van der Waals surface area (Å²) in [7, 11) is 0. The van der Waals surface area contributed by atoms with Gasteiger partial charge >= 0.3 is 0 Å². The van der Waals surface area contributed by atoms with Crippen LogP contribution in [0, 0.1) is 0 Å². The van der Waals surface area contributed by atoms with E-state index in [1.807, 2.05) is 6.20 Å². The van der Waals surface area contributed by atoms with Gasteiger partial charge in [0.05, 0.1) is 11.9 Å². The molecular formula is C23H26N6. The lowest BCUT2D eigenvalue weighted by Crippen LogP contribution is -2.26. The summed E-state index contributed by atoms with van der Waals surface area (Å²) in [5, 5.41) is 8.13. The van der Waals surface area contributed by atoms with Gasteiger partial charge in [-0.05, 0) is 68.8 Å². The van der Waals surface area contributed by atoms with Crippen molar-refractivity contribution in [1.82, 2.24) is 20.3 Å². The molecule has 3 aromatic rings. The van der Waals surface area contributed by atoms with Gasteiger partial charge in [0.25, 0.3) is 0 Å². The van der Waals surface area contributed by atoms with E-state index in [1.54, 1.807) is 0 Å². The molecule has 0 amide bonds. The molecule has 148 valence electrons. The van der Waals surface area contributed by atoms with Crippen molar-refractivity contribution < 1.29 is 0 Å². The molecule has 3 N–H and O–H groups in total. The number of nitrogens with zero attached hydrogens (tertiary/aromatic N) is 3. The number of aliphatic imine (C=N–C) groups is 1. The van der Waals surface area contributed by atoms with Crippen LogP contribution in [0.1, 0.15) is 61.5 Å². The van der Waals surface area contributed by atoms with E-state index in [4.69, 9.17) is 9.98 Å². The zero-order chi connectivity index (χ0) is 19.2. The Bertz CT molecular complexity index is 1090. The number of hydrogen-bond acceptors (Lipinski definition) is 5. The van der Waals surface area contributed by atoms with E-state index in [0.717, 1.165) is 42.5 Å². The van der Waals surface area contributed by atoms with Gasteiger partial charge in [0.2, 0.25) is 0 Å². The molecule has 3 aromatic heterocycles. The molecule has 29 heavy (non-hydrogen) atoms. The monoisotopic (exact) mass is 386 g/mol. The second kappa shape index (κ2) is 6.95. The van der Waals surface area contributed by atoms with Gasteiger partial charge in [0.15, 0.2) is 5.82 Å². The summed E-state index contributed by atoms with van der Waals surface area (Å²) in [6.07, 6.45) is 11.3. The van der Waals surface area contributed by atoms with Crippen molar-refractivity contribution in [1.29, 1.82) is 0 Å². The molecule has 2 aliphatic heterocycles. The maximum Gasteiger partial charge on any atom is 0.158 e. The summed E-state index contributed by atoms with van der Waals surface area (Å²) in [6, 6.07) is 6.50. The van der Waals surface area contributed by atoms with Crippen LogP contribution in [0.2, 0.25) is 0 Å². The zero-order valence-electron chi connectivity index (χ0n) is 16.5. The Morgan fingerprint density at radius 2 is 1.97 bits per heavy atom. The van der Waals surface area contributed by atoms with Crippen molar-refractivity contribution in [2.24, 2.45) is 4.99 Å². The first-order chi connectivity index (χ1) is 14.3. The Morgan fingerprint density at radius 3 is 2.90 bits per heavy atom. The minimum Gasteiger partial charge on any atom is -0.346 e. The standard InChI is InChI=1S/C23H26N6/c1-2-4-20-16(3-1)17-5-6-21(29-23(17)28-20)27-15-11-18-19(13-26-22(18)25-12-15)14-7-9-24-10-8-14/h5-6,11-14,16,24H,1-4,7-10H2,(H,25,26)(H,27,29). The zero-order valence-corrected chi connectivity index (χ0v) is 16.5. The fourth-order valence-corrected chi connectivity index (χ4v) is 5.20. The van der Waals surface area contributed by atoms with Gasteiger partial charge in [-0.2, -0.15) is 0 Å². The first kappa shape index (κ1) is 17.2. The molecule has 1 saturated carbocycles. The predicted octanol–water partition coefficient (Wildman–Crippen LogP) is 4.91. The van der Waals surface area contributed by atoms with Crippen LogP contribution in [-0.2, 0) is 0 Å². The molecule has 1 saturated heterocycles. The number of anilines is 2. The highest BCUT2D eigenvalue weighted by atomic mass is 15.1. The van der Waals surface area contributed by atoms with Gasteiger partial charge in [-0.3, -0.25) is 0 Å². The van der Waals surface area contributed by atoms with Crippen molar-refractivity contribution in [2.75, 3.05) is 18.4 Å². The maximum atomic E-state index is 4.83. The third-order valence-electron chi connectivity index (χ3n) is 6.72.